The van der Waals surface area contributed by atoms with Crippen molar-refractivity contribution < 1.29 is 8.42 Å². The van der Waals surface area contributed by atoms with Gasteiger partial charge in [0, 0.05) is 31.9 Å². The van der Waals surface area contributed by atoms with Gasteiger partial charge in [-0.05, 0) is 25.8 Å². The molecular weight excluding hydrogens is 290 g/mol. The van der Waals surface area contributed by atoms with Gasteiger partial charge in [-0.3, -0.25) is 9.58 Å². The van der Waals surface area contributed by atoms with E-state index in [0.29, 0.717) is 19.1 Å². The van der Waals surface area contributed by atoms with Gasteiger partial charge in [-0.1, -0.05) is 13.8 Å². The number of nitrogens with one attached hydrogen (secondary N) is 1. The van der Waals surface area contributed by atoms with Crippen LogP contribution in [-0.4, -0.2) is 48.8 Å². The first-order valence-electron chi connectivity index (χ1n) is 7.54. The molecule has 1 aromatic rings. The molecule has 1 aliphatic rings. The van der Waals surface area contributed by atoms with Crippen molar-refractivity contribution in [2.24, 2.45) is 0 Å². The van der Waals surface area contributed by atoms with E-state index in [1.165, 1.54) is 19.0 Å². The molecule has 21 heavy (non-hydrogen) atoms. The number of hydrogen-bond donors (Lipinski definition) is 2. The van der Waals surface area contributed by atoms with Crippen LogP contribution in [0.1, 0.15) is 33.1 Å². The van der Waals surface area contributed by atoms with Gasteiger partial charge in [-0.25, -0.2) is 13.1 Å². The number of sulfonamides is 1. The molecule has 0 aromatic carbocycles. The first-order chi connectivity index (χ1) is 9.97. The number of nitrogens with zero attached hydrogens (tertiary/aromatic N) is 3. The van der Waals surface area contributed by atoms with Gasteiger partial charge in [0.1, 0.15) is 4.90 Å². The van der Waals surface area contributed by atoms with Crippen LogP contribution in [0.25, 0.3) is 0 Å². The zero-order chi connectivity index (χ0) is 15.5. The van der Waals surface area contributed by atoms with E-state index < -0.39 is 10.0 Å². The fourth-order valence-electron chi connectivity index (χ4n) is 2.41. The molecule has 0 aliphatic heterocycles. The summed E-state index contributed by atoms with van der Waals surface area (Å²) in [6.07, 6.45) is 4.81. The number of aromatic nitrogens is 2. The highest BCUT2D eigenvalue weighted by Gasteiger charge is 2.28. The van der Waals surface area contributed by atoms with E-state index in [9.17, 15) is 8.42 Å². The molecule has 0 amide bonds. The summed E-state index contributed by atoms with van der Waals surface area (Å²) >= 11 is 0. The van der Waals surface area contributed by atoms with Gasteiger partial charge in [0.15, 0.2) is 5.82 Å². The number of likely N-dealkylation sites (N-methyl/N-ethyl adjacent to an activating group) is 1. The van der Waals surface area contributed by atoms with Crippen LogP contribution >= 0.6 is 0 Å². The third kappa shape index (κ3) is 4.18. The average molecular weight is 315 g/mol. The Morgan fingerprint density at radius 3 is 2.76 bits per heavy atom. The summed E-state index contributed by atoms with van der Waals surface area (Å²) in [5.74, 6) is 0.0606. The van der Waals surface area contributed by atoms with E-state index in [0.717, 1.165) is 19.5 Å². The molecule has 0 bridgehead atoms. The molecule has 1 heterocycles. The molecule has 120 valence electrons. The molecule has 1 aromatic heterocycles. The highest BCUT2D eigenvalue weighted by atomic mass is 32.2. The van der Waals surface area contributed by atoms with Crippen molar-refractivity contribution in [2.45, 2.75) is 50.6 Å². The van der Waals surface area contributed by atoms with Gasteiger partial charge >= 0.3 is 0 Å². The molecular formula is C13H25N5O2S. The zero-order valence-corrected chi connectivity index (χ0v) is 13.6. The van der Waals surface area contributed by atoms with Crippen LogP contribution < -0.4 is 10.5 Å². The topological polar surface area (TPSA) is 93.2 Å². The summed E-state index contributed by atoms with van der Waals surface area (Å²) in [4.78, 5) is 2.37. The SMILES string of the molecule is CCCn1cc(S(=O)(=O)NCCN(CC)C2CC2)c(N)n1. The predicted octanol–water partition coefficient (Wildman–Crippen LogP) is 0.638. The lowest BCUT2D eigenvalue weighted by atomic mass is 10.4. The van der Waals surface area contributed by atoms with Crippen molar-refractivity contribution in [1.29, 1.82) is 0 Å². The second-order valence-corrected chi connectivity index (χ2v) is 7.13. The third-order valence-corrected chi connectivity index (χ3v) is 5.14. The van der Waals surface area contributed by atoms with Crippen LogP contribution in [0, 0.1) is 0 Å². The molecule has 0 unspecified atom stereocenters. The second kappa shape index (κ2) is 6.76. The Balaban J connectivity index is 1.94. The quantitative estimate of drug-likeness (QED) is 0.697. The van der Waals surface area contributed by atoms with Gasteiger partial charge in [-0.15, -0.1) is 0 Å². The first-order valence-corrected chi connectivity index (χ1v) is 9.03. The molecule has 7 nitrogen and oxygen atoms in total. The Hall–Kier alpha value is -1.12. The summed E-state index contributed by atoms with van der Waals surface area (Å²) in [6.45, 7) is 6.82. The minimum atomic E-state index is -3.58. The standard InChI is InChI=1S/C13H25N5O2S/c1-3-8-18-10-12(13(14)16-18)21(19,20)15-7-9-17(4-2)11-5-6-11/h10-11,15H,3-9H2,1-2H3,(H2,14,16). The van der Waals surface area contributed by atoms with E-state index in [1.54, 1.807) is 4.68 Å². The number of nitrogens with two attached hydrogens (primary N) is 1. The Morgan fingerprint density at radius 1 is 1.48 bits per heavy atom. The molecule has 3 N–H and O–H groups in total. The maximum Gasteiger partial charge on any atom is 0.245 e. The summed E-state index contributed by atoms with van der Waals surface area (Å²) in [7, 11) is -3.58. The maximum absolute atomic E-state index is 12.3. The molecule has 0 radical (unpaired) electrons. The monoisotopic (exact) mass is 315 g/mol. The number of nitrogen functional groups attached to an aromatic ring is 1. The molecule has 1 saturated carbocycles. The van der Waals surface area contributed by atoms with Crippen molar-refractivity contribution in [3.8, 4) is 0 Å². The number of hydrogen-bond acceptors (Lipinski definition) is 5. The minimum Gasteiger partial charge on any atom is -0.381 e. The fourth-order valence-corrected chi connectivity index (χ4v) is 3.50. The van der Waals surface area contributed by atoms with Crippen LogP contribution in [0.5, 0.6) is 0 Å². The van der Waals surface area contributed by atoms with Crippen LogP contribution in [0.4, 0.5) is 5.82 Å². The van der Waals surface area contributed by atoms with Crippen LogP contribution in [0.15, 0.2) is 11.1 Å². The lowest BCUT2D eigenvalue weighted by molar-refractivity contribution is 0.282. The summed E-state index contributed by atoms with van der Waals surface area (Å²) in [6, 6.07) is 0.636. The van der Waals surface area contributed by atoms with E-state index in [2.05, 4.69) is 21.6 Å². The summed E-state index contributed by atoms with van der Waals surface area (Å²) < 4.78 is 28.7. The van der Waals surface area contributed by atoms with Gasteiger partial charge in [0.25, 0.3) is 0 Å². The minimum absolute atomic E-state index is 0.0606. The highest BCUT2D eigenvalue weighted by Crippen LogP contribution is 2.26. The molecule has 0 saturated heterocycles. The molecule has 0 spiro atoms. The molecule has 8 heteroatoms. The smallest absolute Gasteiger partial charge is 0.245 e. The van der Waals surface area contributed by atoms with E-state index in [1.807, 2.05) is 6.92 Å². The normalized spacial score (nSPS) is 15.8. The molecule has 2 rings (SSSR count). The van der Waals surface area contributed by atoms with Gasteiger partial charge in [0.2, 0.25) is 10.0 Å². The van der Waals surface area contributed by atoms with Gasteiger partial charge in [0.05, 0.1) is 0 Å². The number of aryl methyl sites for hydroxylation is 1. The first kappa shape index (κ1) is 16.3. The van der Waals surface area contributed by atoms with Crippen molar-refractivity contribution in [3.63, 3.8) is 0 Å². The van der Waals surface area contributed by atoms with Crippen LogP contribution in [-0.2, 0) is 16.6 Å². The Kier molecular flexibility index (Phi) is 5.23. The van der Waals surface area contributed by atoms with E-state index in [4.69, 9.17) is 5.73 Å². The van der Waals surface area contributed by atoms with E-state index >= 15 is 0 Å². The number of anilines is 1. The molecule has 1 fully saturated rings. The highest BCUT2D eigenvalue weighted by molar-refractivity contribution is 7.89. The maximum atomic E-state index is 12.3. The third-order valence-electron chi connectivity index (χ3n) is 3.66. The molecule has 1 aliphatic carbocycles. The fraction of sp³-hybridized carbons (Fsp3) is 0.769. The summed E-state index contributed by atoms with van der Waals surface area (Å²) in [5, 5.41) is 4.03. The van der Waals surface area contributed by atoms with Crippen molar-refractivity contribution >= 4 is 15.8 Å². The summed E-state index contributed by atoms with van der Waals surface area (Å²) in [5.41, 5.74) is 5.71. The Bertz CT molecular complexity index is 565. The molecule has 0 atom stereocenters. The zero-order valence-electron chi connectivity index (χ0n) is 12.7. The van der Waals surface area contributed by atoms with Crippen molar-refractivity contribution in [3.05, 3.63) is 6.20 Å². The van der Waals surface area contributed by atoms with Crippen LogP contribution in [0.3, 0.4) is 0 Å². The second-order valence-electron chi connectivity index (χ2n) is 5.40. The van der Waals surface area contributed by atoms with Crippen LogP contribution in [0.2, 0.25) is 0 Å². The Morgan fingerprint density at radius 2 is 2.19 bits per heavy atom. The van der Waals surface area contributed by atoms with E-state index in [-0.39, 0.29) is 10.7 Å². The number of rotatable bonds is 9. The van der Waals surface area contributed by atoms with Gasteiger partial charge in [-0.2, -0.15) is 5.10 Å². The lowest BCUT2D eigenvalue weighted by Crippen LogP contribution is -2.36. The Labute approximate surface area is 126 Å². The van der Waals surface area contributed by atoms with Gasteiger partial charge < -0.3 is 5.73 Å². The van der Waals surface area contributed by atoms with Crippen molar-refractivity contribution in [1.82, 2.24) is 19.4 Å². The average Bonchev–Trinajstić information content (AvgIpc) is 3.19. The largest absolute Gasteiger partial charge is 0.381 e. The lowest BCUT2D eigenvalue weighted by Gasteiger charge is -2.19. The predicted molar refractivity (Wildman–Crippen MR) is 82.4 cm³/mol. The van der Waals surface area contributed by atoms with Crippen molar-refractivity contribution in [2.75, 3.05) is 25.4 Å².